The minimum absolute atomic E-state index is 0.0107. The highest BCUT2D eigenvalue weighted by Crippen LogP contribution is 2.32. The van der Waals surface area contributed by atoms with Crippen molar-refractivity contribution in [1.29, 1.82) is 0 Å². The predicted octanol–water partition coefficient (Wildman–Crippen LogP) is 3.41. The smallest absolute Gasteiger partial charge is 0.240 e. The van der Waals surface area contributed by atoms with Crippen molar-refractivity contribution in [2.45, 2.75) is 58.0 Å². The molecule has 3 nitrogen and oxygen atoms in total. The van der Waals surface area contributed by atoms with E-state index in [9.17, 15) is 4.79 Å². The molecule has 0 bridgehead atoms. The molecule has 1 aromatic rings. The van der Waals surface area contributed by atoms with Crippen molar-refractivity contribution in [2.24, 2.45) is 17.6 Å². The summed E-state index contributed by atoms with van der Waals surface area (Å²) in [6, 6.07) is 10.2. The first kappa shape index (κ1) is 16.0. The molecule has 1 aromatic carbocycles. The molecule has 116 valence electrons. The van der Waals surface area contributed by atoms with E-state index in [0.29, 0.717) is 11.8 Å². The highest BCUT2D eigenvalue weighted by atomic mass is 16.2. The first-order valence-corrected chi connectivity index (χ1v) is 8.07. The third-order valence-corrected chi connectivity index (χ3v) is 4.60. The van der Waals surface area contributed by atoms with Gasteiger partial charge < -0.3 is 11.1 Å². The van der Waals surface area contributed by atoms with Crippen LogP contribution in [0.25, 0.3) is 0 Å². The summed E-state index contributed by atoms with van der Waals surface area (Å²) in [7, 11) is 0. The number of rotatable bonds is 4. The van der Waals surface area contributed by atoms with Crippen molar-refractivity contribution >= 4 is 5.91 Å². The number of nitrogens with one attached hydrogen (secondary N) is 1. The number of carbonyl (C=O) groups excluding carboxylic acids is 1. The van der Waals surface area contributed by atoms with Gasteiger partial charge in [0.25, 0.3) is 0 Å². The van der Waals surface area contributed by atoms with Crippen LogP contribution in [-0.4, -0.2) is 11.4 Å². The molecule has 0 spiro atoms. The lowest BCUT2D eigenvalue weighted by atomic mass is 9.76. The molecule has 1 fully saturated rings. The quantitative estimate of drug-likeness (QED) is 0.892. The van der Waals surface area contributed by atoms with Crippen LogP contribution in [0, 0.1) is 11.8 Å². The summed E-state index contributed by atoms with van der Waals surface area (Å²) >= 11 is 0. The minimum atomic E-state index is -0.695. The van der Waals surface area contributed by atoms with Crippen molar-refractivity contribution in [1.82, 2.24) is 5.32 Å². The van der Waals surface area contributed by atoms with Crippen LogP contribution in [0.15, 0.2) is 30.3 Å². The van der Waals surface area contributed by atoms with Gasteiger partial charge in [-0.15, -0.1) is 0 Å². The zero-order chi connectivity index (χ0) is 15.5. The lowest BCUT2D eigenvalue weighted by Gasteiger charge is -2.37. The molecule has 1 aliphatic rings. The molecule has 0 aromatic heterocycles. The highest BCUT2D eigenvalue weighted by molar-refractivity contribution is 5.86. The maximum atomic E-state index is 12.7. The Labute approximate surface area is 128 Å². The topological polar surface area (TPSA) is 55.1 Å². The molecule has 1 saturated carbocycles. The van der Waals surface area contributed by atoms with E-state index in [1.165, 1.54) is 6.42 Å². The van der Waals surface area contributed by atoms with Gasteiger partial charge in [0, 0.05) is 0 Å². The Morgan fingerprint density at radius 2 is 2.00 bits per heavy atom. The SMILES string of the molecule is CC1CCCC(N)(C(=O)NC(c2ccccc2)C(C)C)C1. The number of hydrogen-bond acceptors (Lipinski definition) is 2. The van der Waals surface area contributed by atoms with Crippen LogP contribution in [0.4, 0.5) is 0 Å². The summed E-state index contributed by atoms with van der Waals surface area (Å²) in [5, 5.41) is 3.20. The van der Waals surface area contributed by atoms with Gasteiger partial charge in [0.1, 0.15) is 0 Å². The van der Waals surface area contributed by atoms with Gasteiger partial charge in [-0.25, -0.2) is 0 Å². The van der Waals surface area contributed by atoms with Crippen LogP contribution >= 0.6 is 0 Å². The lowest BCUT2D eigenvalue weighted by molar-refractivity contribution is -0.129. The molecule has 3 unspecified atom stereocenters. The first-order valence-electron chi connectivity index (χ1n) is 8.07. The Morgan fingerprint density at radius 1 is 1.33 bits per heavy atom. The summed E-state index contributed by atoms with van der Waals surface area (Å²) in [4.78, 5) is 12.7. The van der Waals surface area contributed by atoms with Crippen LogP contribution in [0.5, 0.6) is 0 Å². The second kappa shape index (κ2) is 6.61. The monoisotopic (exact) mass is 288 g/mol. The zero-order valence-corrected chi connectivity index (χ0v) is 13.4. The lowest BCUT2D eigenvalue weighted by Crippen LogP contribution is -2.57. The summed E-state index contributed by atoms with van der Waals surface area (Å²) < 4.78 is 0. The highest BCUT2D eigenvalue weighted by Gasteiger charge is 2.39. The Morgan fingerprint density at radius 3 is 2.57 bits per heavy atom. The molecule has 1 aliphatic carbocycles. The standard InChI is InChI=1S/C18H28N2O/c1-13(2)16(15-9-5-4-6-10-15)20-17(21)18(19)11-7-8-14(3)12-18/h4-6,9-10,13-14,16H,7-8,11-12,19H2,1-3H3,(H,20,21). The van der Waals surface area contributed by atoms with E-state index < -0.39 is 5.54 Å². The molecule has 0 radical (unpaired) electrons. The van der Waals surface area contributed by atoms with Gasteiger partial charge in [0.2, 0.25) is 5.91 Å². The largest absolute Gasteiger partial charge is 0.347 e. The Balaban J connectivity index is 2.12. The second-order valence-electron chi connectivity index (χ2n) is 6.96. The summed E-state index contributed by atoms with van der Waals surface area (Å²) in [6.07, 6.45) is 3.81. The van der Waals surface area contributed by atoms with E-state index in [4.69, 9.17) is 5.73 Å². The minimum Gasteiger partial charge on any atom is -0.347 e. The maximum Gasteiger partial charge on any atom is 0.240 e. The molecule has 3 atom stereocenters. The molecular formula is C18H28N2O. The Kier molecular flexibility index (Phi) is 5.04. The predicted molar refractivity (Wildman–Crippen MR) is 86.7 cm³/mol. The molecule has 1 amide bonds. The molecule has 0 heterocycles. The van der Waals surface area contributed by atoms with Crippen molar-refractivity contribution in [2.75, 3.05) is 0 Å². The van der Waals surface area contributed by atoms with E-state index >= 15 is 0 Å². The van der Waals surface area contributed by atoms with Gasteiger partial charge >= 0.3 is 0 Å². The average Bonchev–Trinajstić information content (AvgIpc) is 2.44. The van der Waals surface area contributed by atoms with Crippen LogP contribution < -0.4 is 11.1 Å². The first-order chi connectivity index (χ1) is 9.92. The number of carbonyl (C=O) groups is 1. The third kappa shape index (κ3) is 3.85. The molecular weight excluding hydrogens is 260 g/mol. The fourth-order valence-corrected chi connectivity index (χ4v) is 3.38. The van der Waals surface area contributed by atoms with Crippen LogP contribution in [0.2, 0.25) is 0 Å². The Bertz CT molecular complexity index is 471. The number of nitrogens with two attached hydrogens (primary N) is 1. The average molecular weight is 288 g/mol. The zero-order valence-electron chi connectivity index (χ0n) is 13.4. The van der Waals surface area contributed by atoms with Crippen LogP contribution in [0.1, 0.15) is 58.1 Å². The van der Waals surface area contributed by atoms with Gasteiger partial charge in [0.05, 0.1) is 11.6 Å². The second-order valence-corrected chi connectivity index (χ2v) is 6.96. The van der Waals surface area contributed by atoms with E-state index in [0.717, 1.165) is 24.8 Å². The number of amides is 1. The molecule has 0 aliphatic heterocycles. The fourth-order valence-electron chi connectivity index (χ4n) is 3.38. The summed E-state index contributed by atoms with van der Waals surface area (Å²) in [6.45, 7) is 6.44. The van der Waals surface area contributed by atoms with Crippen molar-refractivity contribution in [3.05, 3.63) is 35.9 Å². The molecule has 21 heavy (non-hydrogen) atoms. The molecule has 0 saturated heterocycles. The van der Waals surface area contributed by atoms with Crippen molar-refractivity contribution in [3.63, 3.8) is 0 Å². The normalized spacial score (nSPS) is 27.4. The van der Waals surface area contributed by atoms with Gasteiger partial charge in [-0.2, -0.15) is 0 Å². The number of benzene rings is 1. The van der Waals surface area contributed by atoms with Crippen molar-refractivity contribution in [3.8, 4) is 0 Å². The number of hydrogen-bond donors (Lipinski definition) is 2. The van der Waals surface area contributed by atoms with Crippen LogP contribution in [0.3, 0.4) is 0 Å². The van der Waals surface area contributed by atoms with Gasteiger partial charge in [-0.1, -0.05) is 63.9 Å². The van der Waals surface area contributed by atoms with Gasteiger partial charge in [-0.05, 0) is 30.2 Å². The van der Waals surface area contributed by atoms with E-state index in [2.05, 4.69) is 38.2 Å². The molecule has 3 N–H and O–H groups in total. The third-order valence-electron chi connectivity index (χ3n) is 4.60. The fraction of sp³-hybridized carbons (Fsp3) is 0.611. The van der Waals surface area contributed by atoms with E-state index in [1.807, 2.05) is 18.2 Å². The van der Waals surface area contributed by atoms with Gasteiger partial charge in [-0.3, -0.25) is 4.79 Å². The van der Waals surface area contributed by atoms with Crippen molar-refractivity contribution < 1.29 is 4.79 Å². The molecule has 3 heteroatoms. The summed E-state index contributed by atoms with van der Waals surface area (Å²) in [5.74, 6) is 0.876. The molecule has 2 rings (SSSR count). The van der Waals surface area contributed by atoms with Gasteiger partial charge in [0.15, 0.2) is 0 Å². The Hall–Kier alpha value is -1.35. The van der Waals surface area contributed by atoms with Crippen LogP contribution in [-0.2, 0) is 4.79 Å². The van der Waals surface area contributed by atoms with E-state index in [1.54, 1.807) is 0 Å². The van der Waals surface area contributed by atoms with E-state index in [-0.39, 0.29) is 11.9 Å². The maximum absolute atomic E-state index is 12.7. The summed E-state index contributed by atoms with van der Waals surface area (Å²) in [5.41, 5.74) is 6.86.